The minimum absolute atomic E-state index is 0.0133. The number of aliphatic imine (C=N–C) groups is 1. The Balaban J connectivity index is 1.94. The number of amides is 1. The first-order chi connectivity index (χ1) is 10.9. The third-order valence-electron chi connectivity index (χ3n) is 4.45. The lowest BCUT2D eigenvalue weighted by molar-refractivity contribution is -0.151. The monoisotopic (exact) mass is 326 g/mol. The minimum atomic E-state index is -0.404. The Hall–Kier alpha value is -1.34. The molecule has 1 amide bonds. The zero-order valence-corrected chi connectivity index (χ0v) is 14.7. The lowest BCUT2D eigenvalue weighted by Crippen LogP contribution is -2.47. The fourth-order valence-corrected chi connectivity index (χ4v) is 2.81. The van der Waals surface area contributed by atoms with E-state index in [4.69, 9.17) is 9.47 Å². The SMILES string of the molecule is CCC(C)NC(=NCC(=O)N(C)C)NC1CCC2(C1)OCCO2. The maximum absolute atomic E-state index is 11.8. The van der Waals surface area contributed by atoms with E-state index in [1.807, 2.05) is 0 Å². The molecule has 1 heterocycles. The smallest absolute Gasteiger partial charge is 0.243 e. The van der Waals surface area contributed by atoms with Gasteiger partial charge in [0.15, 0.2) is 11.7 Å². The van der Waals surface area contributed by atoms with Crippen LogP contribution in [0.2, 0.25) is 0 Å². The topological polar surface area (TPSA) is 75.2 Å². The predicted octanol–water partition coefficient (Wildman–Crippen LogP) is 0.704. The Morgan fingerprint density at radius 1 is 1.39 bits per heavy atom. The van der Waals surface area contributed by atoms with Crippen LogP contribution in [0, 0.1) is 0 Å². The second-order valence-electron chi connectivity index (χ2n) is 6.60. The maximum atomic E-state index is 11.8. The lowest BCUT2D eigenvalue weighted by Gasteiger charge is -2.23. The summed E-state index contributed by atoms with van der Waals surface area (Å²) >= 11 is 0. The van der Waals surface area contributed by atoms with Crippen molar-refractivity contribution < 1.29 is 14.3 Å². The zero-order chi connectivity index (χ0) is 16.9. The molecule has 1 saturated heterocycles. The van der Waals surface area contributed by atoms with E-state index in [9.17, 15) is 4.79 Å². The number of guanidine groups is 1. The Bertz CT molecular complexity index is 433. The second-order valence-corrected chi connectivity index (χ2v) is 6.60. The molecule has 2 rings (SSSR count). The molecule has 2 atom stereocenters. The first-order valence-electron chi connectivity index (χ1n) is 8.49. The van der Waals surface area contributed by atoms with Crippen molar-refractivity contribution in [3.8, 4) is 0 Å². The van der Waals surface area contributed by atoms with Gasteiger partial charge in [0.2, 0.25) is 5.91 Å². The molecule has 0 aromatic heterocycles. The van der Waals surface area contributed by atoms with E-state index in [1.165, 1.54) is 0 Å². The highest BCUT2D eigenvalue weighted by Gasteiger charge is 2.44. The molecule has 1 aliphatic heterocycles. The van der Waals surface area contributed by atoms with Gasteiger partial charge in [0.1, 0.15) is 6.54 Å². The van der Waals surface area contributed by atoms with Gasteiger partial charge in [-0.05, 0) is 19.8 Å². The van der Waals surface area contributed by atoms with E-state index in [-0.39, 0.29) is 18.5 Å². The minimum Gasteiger partial charge on any atom is -0.354 e. The van der Waals surface area contributed by atoms with Crippen LogP contribution in [0.5, 0.6) is 0 Å². The quantitative estimate of drug-likeness (QED) is 0.575. The summed E-state index contributed by atoms with van der Waals surface area (Å²) in [4.78, 5) is 17.8. The van der Waals surface area contributed by atoms with Gasteiger partial charge in [-0.25, -0.2) is 4.99 Å². The Morgan fingerprint density at radius 2 is 2.09 bits per heavy atom. The fraction of sp³-hybridized carbons (Fsp3) is 0.875. The summed E-state index contributed by atoms with van der Waals surface area (Å²) in [6.07, 6.45) is 3.68. The van der Waals surface area contributed by atoms with Gasteiger partial charge in [-0.2, -0.15) is 0 Å². The molecule has 2 unspecified atom stereocenters. The summed E-state index contributed by atoms with van der Waals surface area (Å²) in [7, 11) is 3.48. The Kier molecular flexibility index (Phi) is 6.24. The van der Waals surface area contributed by atoms with Gasteiger partial charge >= 0.3 is 0 Å². The molecule has 132 valence electrons. The molecule has 2 N–H and O–H groups in total. The van der Waals surface area contributed by atoms with Crippen LogP contribution in [0.25, 0.3) is 0 Å². The fourth-order valence-electron chi connectivity index (χ4n) is 2.81. The number of rotatable bonds is 5. The molecule has 23 heavy (non-hydrogen) atoms. The summed E-state index contributed by atoms with van der Waals surface area (Å²) in [6.45, 7) is 5.71. The largest absolute Gasteiger partial charge is 0.354 e. The molecule has 1 saturated carbocycles. The van der Waals surface area contributed by atoms with E-state index in [2.05, 4.69) is 29.5 Å². The molecule has 1 aliphatic carbocycles. The van der Waals surface area contributed by atoms with Crippen LogP contribution in [0.3, 0.4) is 0 Å². The van der Waals surface area contributed by atoms with Crippen molar-refractivity contribution in [3.05, 3.63) is 0 Å². The number of hydrogen-bond acceptors (Lipinski definition) is 4. The van der Waals surface area contributed by atoms with Crippen molar-refractivity contribution >= 4 is 11.9 Å². The number of nitrogens with zero attached hydrogens (tertiary/aromatic N) is 2. The molecule has 0 radical (unpaired) electrons. The summed E-state index contributed by atoms with van der Waals surface area (Å²) < 4.78 is 11.5. The molecule has 2 fully saturated rings. The van der Waals surface area contributed by atoms with Crippen molar-refractivity contribution in [2.45, 2.75) is 57.4 Å². The average molecular weight is 326 g/mol. The van der Waals surface area contributed by atoms with Crippen molar-refractivity contribution in [1.29, 1.82) is 0 Å². The second kappa shape index (κ2) is 7.97. The average Bonchev–Trinajstić information content (AvgIpc) is 3.14. The zero-order valence-electron chi connectivity index (χ0n) is 14.7. The number of ether oxygens (including phenoxy) is 2. The van der Waals surface area contributed by atoms with Crippen molar-refractivity contribution in [2.75, 3.05) is 33.9 Å². The molecule has 7 nitrogen and oxygen atoms in total. The summed E-state index contributed by atoms with van der Waals surface area (Å²) in [5.74, 6) is 0.272. The number of nitrogens with one attached hydrogen (secondary N) is 2. The van der Waals surface area contributed by atoms with E-state index in [1.54, 1.807) is 19.0 Å². The van der Waals surface area contributed by atoms with Crippen molar-refractivity contribution in [2.24, 2.45) is 4.99 Å². The van der Waals surface area contributed by atoms with Gasteiger partial charge in [0, 0.05) is 39.0 Å². The standard InChI is InChI=1S/C16H30N4O3/c1-5-12(2)18-15(17-11-14(21)20(3)4)19-13-6-7-16(10-13)22-8-9-23-16/h12-13H,5-11H2,1-4H3,(H2,17,18,19). The number of carbonyl (C=O) groups excluding carboxylic acids is 1. The highest BCUT2D eigenvalue weighted by atomic mass is 16.7. The third kappa shape index (κ3) is 5.07. The summed E-state index contributed by atoms with van der Waals surface area (Å²) in [5.41, 5.74) is 0. The highest BCUT2D eigenvalue weighted by molar-refractivity contribution is 5.85. The van der Waals surface area contributed by atoms with Gasteiger partial charge in [0.05, 0.1) is 13.2 Å². The van der Waals surface area contributed by atoms with Gasteiger partial charge in [-0.1, -0.05) is 6.92 Å². The number of likely N-dealkylation sites (N-methyl/N-ethyl adjacent to an activating group) is 1. The molecular formula is C16H30N4O3. The predicted molar refractivity (Wildman–Crippen MR) is 89.3 cm³/mol. The van der Waals surface area contributed by atoms with E-state index in [0.717, 1.165) is 25.7 Å². The Morgan fingerprint density at radius 3 is 2.70 bits per heavy atom. The van der Waals surface area contributed by atoms with Gasteiger partial charge in [0.25, 0.3) is 0 Å². The van der Waals surface area contributed by atoms with Crippen LogP contribution in [-0.4, -0.2) is 68.5 Å². The van der Waals surface area contributed by atoms with Crippen LogP contribution in [0.1, 0.15) is 39.5 Å². The van der Waals surface area contributed by atoms with Gasteiger partial charge < -0.3 is 25.0 Å². The summed E-state index contributed by atoms with van der Waals surface area (Å²) in [6, 6.07) is 0.544. The third-order valence-corrected chi connectivity index (χ3v) is 4.45. The molecule has 0 aromatic rings. The molecule has 7 heteroatoms. The highest BCUT2D eigenvalue weighted by Crippen LogP contribution is 2.37. The molecule has 0 aromatic carbocycles. The Labute approximate surface area is 138 Å². The number of carbonyl (C=O) groups is 1. The summed E-state index contributed by atoms with van der Waals surface area (Å²) in [5, 5.41) is 6.79. The normalized spacial score (nSPS) is 24.7. The van der Waals surface area contributed by atoms with Crippen molar-refractivity contribution in [1.82, 2.24) is 15.5 Å². The van der Waals surface area contributed by atoms with Crippen LogP contribution in [-0.2, 0) is 14.3 Å². The van der Waals surface area contributed by atoms with Crippen LogP contribution in [0.4, 0.5) is 0 Å². The van der Waals surface area contributed by atoms with Gasteiger partial charge in [-0.15, -0.1) is 0 Å². The first kappa shape index (κ1) is 18.0. The number of hydrogen-bond donors (Lipinski definition) is 2. The lowest BCUT2D eigenvalue weighted by atomic mass is 10.2. The maximum Gasteiger partial charge on any atom is 0.243 e. The van der Waals surface area contributed by atoms with E-state index < -0.39 is 5.79 Å². The molecule has 1 spiro atoms. The van der Waals surface area contributed by atoms with Gasteiger partial charge in [-0.3, -0.25) is 4.79 Å². The molecule has 2 aliphatic rings. The van der Waals surface area contributed by atoms with Crippen molar-refractivity contribution in [3.63, 3.8) is 0 Å². The van der Waals surface area contributed by atoms with Crippen LogP contribution >= 0.6 is 0 Å². The molecular weight excluding hydrogens is 296 g/mol. The van der Waals surface area contributed by atoms with E-state index >= 15 is 0 Å². The van der Waals surface area contributed by atoms with Crippen LogP contribution < -0.4 is 10.6 Å². The van der Waals surface area contributed by atoms with E-state index in [0.29, 0.717) is 25.2 Å². The first-order valence-corrected chi connectivity index (χ1v) is 8.49. The van der Waals surface area contributed by atoms with Crippen LogP contribution in [0.15, 0.2) is 4.99 Å². The molecule has 0 bridgehead atoms.